The van der Waals surface area contributed by atoms with Crippen LogP contribution in [0.2, 0.25) is 5.02 Å². The first-order valence-corrected chi connectivity index (χ1v) is 6.87. The van der Waals surface area contributed by atoms with Crippen molar-refractivity contribution in [1.29, 1.82) is 0 Å². The Labute approximate surface area is 117 Å². The van der Waals surface area contributed by atoms with Crippen LogP contribution in [0.15, 0.2) is 24.3 Å². The van der Waals surface area contributed by atoms with Crippen LogP contribution in [0, 0.1) is 0 Å². The van der Waals surface area contributed by atoms with Crippen LogP contribution >= 0.6 is 11.6 Å². The van der Waals surface area contributed by atoms with Gasteiger partial charge in [0.2, 0.25) is 0 Å². The molecule has 0 aliphatic heterocycles. The summed E-state index contributed by atoms with van der Waals surface area (Å²) in [6.45, 7) is 0.718. The molecule has 2 rings (SSSR count). The molecule has 0 aromatic heterocycles. The highest BCUT2D eigenvalue weighted by Gasteiger charge is 2.38. The molecule has 0 saturated heterocycles. The second kappa shape index (κ2) is 6.26. The molecule has 0 unspecified atom stereocenters. The molecule has 1 aromatic carbocycles. The third kappa shape index (κ3) is 3.85. The Kier molecular flexibility index (Phi) is 4.66. The van der Waals surface area contributed by atoms with Gasteiger partial charge in [-0.3, -0.25) is 4.79 Å². The molecule has 1 fully saturated rings. The van der Waals surface area contributed by atoms with E-state index in [9.17, 15) is 9.90 Å². The average Bonchev–Trinajstić information content (AvgIpc) is 2.83. The lowest BCUT2D eigenvalue weighted by atomic mass is 10.0. The summed E-state index contributed by atoms with van der Waals surface area (Å²) in [5, 5.41) is 13.4. The Bertz CT molecular complexity index is 444. The van der Waals surface area contributed by atoms with E-state index in [0.29, 0.717) is 36.8 Å². The Hall–Kier alpha value is -1.26. The maximum Gasteiger partial charge on any atom is 0.252 e. The Balaban J connectivity index is 1.71. The number of hydrogen-bond acceptors (Lipinski definition) is 3. The topological polar surface area (TPSA) is 58.6 Å². The molecule has 1 amide bonds. The van der Waals surface area contributed by atoms with Crippen molar-refractivity contribution in [3.8, 4) is 5.75 Å². The summed E-state index contributed by atoms with van der Waals surface area (Å²) in [5.41, 5.74) is -1.17. The van der Waals surface area contributed by atoms with Crippen molar-refractivity contribution in [1.82, 2.24) is 5.32 Å². The first-order valence-electron chi connectivity index (χ1n) is 6.49. The molecule has 0 heterocycles. The second-order valence-electron chi connectivity index (χ2n) is 4.80. The van der Waals surface area contributed by atoms with E-state index < -0.39 is 5.60 Å². The summed E-state index contributed by atoms with van der Waals surface area (Å²) in [7, 11) is 0. The summed E-state index contributed by atoms with van der Waals surface area (Å²) < 4.78 is 5.45. The average molecular weight is 284 g/mol. The molecule has 1 saturated carbocycles. The predicted molar refractivity (Wildman–Crippen MR) is 73.4 cm³/mol. The number of aliphatic hydroxyl groups is 1. The van der Waals surface area contributed by atoms with Crippen molar-refractivity contribution >= 4 is 17.5 Å². The second-order valence-corrected chi connectivity index (χ2v) is 5.24. The summed E-state index contributed by atoms with van der Waals surface area (Å²) in [5.74, 6) is 0.376. The monoisotopic (exact) mass is 283 g/mol. The number of hydrogen-bond donors (Lipinski definition) is 2. The Morgan fingerprint density at radius 1 is 1.42 bits per heavy atom. The van der Waals surface area contributed by atoms with E-state index in [-0.39, 0.29) is 5.91 Å². The van der Waals surface area contributed by atoms with E-state index in [1.54, 1.807) is 24.3 Å². The maximum atomic E-state index is 11.8. The molecule has 5 heteroatoms. The highest BCUT2D eigenvalue weighted by molar-refractivity contribution is 6.30. The first kappa shape index (κ1) is 14.2. The molecule has 0 spiro atoms. The van der Waals surface area contributed by atoms with Gasteiger partial charge in [-0.25, -0.2) is 0 Å². The Morgan fingerprint density at radius 2 is 2.16 bits per heavy atom. The zero-order chi connectivity index (χ0) is 13.7. The number of amides is 1. The number of rotatable bonds is 5. The van der Waals surface area contributed by atoms with Crippen molar-refractivity contribution in [3.05, 3.63) is 29.3 Å². The smallest absolute Gasteiger partial charge is 0.252 e. The van der Waals surface area contributed by atoms with Crippen LogP contribution in [0.5, 0.6) is 5.75 Å². The highest BCUT2D eigenvalue weighted by atomic mass is 35.5. The minimum Gasteiger partial charge on any atom is -0.492 e. The standard InChI is InChI=1S/C14H18ClNO3/c15-11-4-3-5-12(10-11)19-9-8-16-13(17)14(18)6-1-2-7-14/h3-5,10,18H,1-2,6-9H2,(H,16,17). The number of ether oxygens (including phenoxy) is 1. The SMILES string of the molecule is O=C(NCCOc1cccc(Cl)c1)C1(O)CCCC1. The van der Waals surface area contributed by atoms with E-state index in [1.807, 2.05) is 0 Å². The lowest BCUT2D eigenvalue weighted by molar-refractivity contribution is -0.139. The quantitative estimate of drug-likeness (QED) is 0.814. The molecule has 0 atom stereocenters. The van der Waals surface area contributed by atoms with Gasteiger partial charge in [-0.2, -0.15) is 0 Å². The summed E-state index contributed by atoms with van der Waals surface area (Å²) in [4.78, 5) is 11.8. The fourth-order valence-corrected chi connectivity index (χ4v) is 2.42. The number of benzene rings is 1. The van der Waals surface area contributed by atoms with Crippen LogP contribution in [0.1, 0.15) is 25.7 Å². The van der Waals surface area contributed by atoms with E-state index in [1.165, 1.54) is 0 Å². The molecule has 2 N–H and O–H groups in total. The minimum atomic E-state index is -1.17. The molecule has 19 heavy (non-hydrogen) atoms. The van der Waals surface area contributed by atoms with E-state index in [2.05, 4.69) is 5.32 Å². The number of nitrogens with one attached hydrogen (secondary N) is 1. The molecule has 1 aromatic rings. The van der Waals surface area contributed by atoms with Gasteiger partial charge in [0, 0.05) is 5.02 Å². The molecule has 1 aliphatic rings. The van der Waals surface area contributed by atoms with E-state index in [0.717, 1.165) is 12.8 Å². The third-order valence-electron chi connectivity index (χ3n) is 3.31. The molecule has 4 nitrogen and oxygen atoms in total. The van der Waals surface area contributed by atoms with Gasteiger partial charge in [-0.1, -0.05) is 17.7 Å². The largest absolute Gasteiger partial charge is 0.492 e. The maximum absolute atomic E-state index is 11.8. The number of carbonyl (C=O) groups is 1. The van der Waals surface area contributed by atoms with Crippen molar-refractivity contribution in [2.45, 2.75) is 31.3 Å². The normalized spacial score (nSPS) is 17.2. The van der Waals surface area contributed by atoms with Crippen LogP contribution < -0.4 is 10.1 Å². The Morgan fingerprint density at radius 3 is 2.84 bits per heavy atom. The van der Waals surface area contributed by atoms with Gasteiger partial charge in [-0.05, 0) is 43.9 Å². The number of halogens is 1. The van der Waals surface area contributed by atoms with Gasteiger partial charge < -0.3 is 15.2 Å². The lowest BCUT2D eigenvalue weighted by Gasteiger charge is -2.20. The van der Waals surface area contributed by atoms with Crippen LogP contribution in [0.25, 0.3) is 0 Å². The van der Waals surface area contributed by atoms with Gasteiger partial charge in [0.1, 0.15) is 18.0 Å². The zero-order valence-electron chi connectivity index (χ0n) is 10.7. The van der Waals surface area contributed by atoms with Gasteiger partial charge in [0.15, 0.2) is 0 Å². The summed E-state index contributed by atoms with van der Waals surface area (Å²) >= 11 is 5.83. The third-order valence-corrected chi connectivity index (χ3v) is 3.54. The molecule has 1 aliphatic carbocycles. The number of carbonyl (C=O) groups excluding carboxylic acids is 1. The summed E-state index contributed by atoms with van der Waals surface area (Å²) in [6.07, 6.45) is 2.91. The van der Waals surface area contributed by atoms with Crippen LogP contribution in [0.3, 0.4) is 0 Å². The predicted octanol–water partition coefficient (Wildman–Crippen LogP) is 2.14. The van der Waals surface area contributed by atoms with E-state index in [4.69, 9.17) is 16.3 Å². The fraction of sp³-hybridized carbons (Fsp3) is 0.500. The minimum absolute atomic E-state index is 0.292. The first-order chi connectivity index (χ1) is 9.10. The molecule has 104 valence electrons. The highest BCUT2D eigenvalue weighted by Crippen LogP contribution is 2.29. The molecule has 0 bridgehead atoms. The van der Waals surface area contributed by atoms with Crippen LogP contribution in [-0.4, -0.2) is 29.8 Å². The molecule has 0 radical (unpaired) electrons. The van der Waals surface area contributed by atoms with Crippen molar-refractivity contribution in [2.75, 3.05) is 13.2 Å². The van der Waals surface area contributed by atoms with Crippen LogP contribution in [-0.2, 0) is 4.79 Å². The van der Waals surface area contributed by atoms with Crippen LogP contribution in [0.4, 0.5) is 0 Å². The van der Waals surface area contributed by atoms with Gasteiger partial charge >= 0.3 is 0 Å². The van der Waals surface area contributed by atoms with E-state index >= 15 is 0 Å². The van der Waals surface area contributed by atoms with Gasteiger partial charge in [0.05, 0.1) is 6.54 Å². The van der Waals surface area contributed by atoms with Crippen molar-refractivity contribution in [3.63, 3.8) is 0 Å². The lowest BCUT2D eigenvalue weighted by Crippen LogP contribution is -2.45. The van der Waals surface area contributed by atoms with Crippen molar-refractivity contribution < 1.29 is 14.6 Å². The molecular weight excluding hydrogens is 266 g/mol. The van der Waals surface area contributed by atoms with Gasteiger partial charge in [0.25, 0.3) is 5.91 Å². The van der Waals surface area contributed by atoms with Crippen molar-refractivity contribution in [2.24, 2.45) is 0 Å². The zero-order valence-corrected chi connectivity index (χ0v) is 11.4. The van der Waals surface area contributed by atoms with Gasteiger partial charge in [-0.15, -0.1) is 0 Å². The molecular formula is C14H18ClNO3. The summed E-state index contributed by atoms with van der Waals surface area (Å²) in [6, 6.07) is 7.09. The fourth-order valence-electron chi connectivity index (χ4n) is 2.24.